The lowest BCUT2D eigenvalue weighted by Gasteiger charge is -2.14. The zero-order chi connectivity index (χ0) is 17.4. The molecule has 0 aliphatic rings. The summed E-state index contributed by atoms with van der Waals surface area (Å²) in [4.78, 5) is 11.7. The molecule has 2 aromatic rings. The molecule has 5 heteroatoms. The van der Waals surface area contributed by atoms with Crippen molar-refractivity contribution in [3.8, 4) is 5.75 Å². The van der Waals surface area contributed by atoms with Gasteiger partial charge in [0.05, 0.1) is 0 Å². The van der Waals surface area contributed by atoms with Gasteiger partial charge in [-0.3, -0.25) is 4.79 Å². The van der Waals surface area contributed by atoms with E-state index in [0.717, 1.165) is 5.56 Å². The van der Waals surface area contributed by atoms with Gasteiger partial charge >= 0.3 is 0 Å². The molecular weight excluding hydrogens is 309 g/mol. The monoisotopic (exact) mass is 329 g/mol. The molecule has 4 nitrogen and oxygen atoms in total. The van der Waals surface area contributed by atoms with E-state index in [1.165, 1.54) is 24.3 Å². The molecule has 0 bridgehead atoms. The number of para-hydroxylation sites is 1. The second-order valence-corrected chi connectivity index (χ2v) is 5.36. The van der Waals surface area contributed by atoms with Crippen LogP contribution < -0.4 is 10.1 Å². The predicted octanol–water partition coefficient (Wildman–Crippen LogP) is 2.70. The van der Waals surface area contributed by atoms with Crippen LogP contribution in [0.4, 0.5) is 4.39 Å². The summed E-state index contributed by atoms with van der Waals surface area (Å²) in [6.07, 6.45) is 1.98. The molecule has 1 atom stereocenters. The fourth-order valence-electron chi connectivity index (χ4n) is 2.02. The fraction of sp³-hybridized carbons (Fsp3) is 0.211. The van der Waals surface area contributed by atoms with Gasteiger partial charge in [-0.1, -0.05) is 30.3 Å². The second kappa shape index (κ2) is 8.84. The Labute approximate surface area is 140 Å². The van der Waals surface area contributed by atoms with Crippen molar-refractivity contribution >= 4 is 12.0 Å². The zero-order valence-corrected chi connectivity index (χ0v) is 13.4. The Balaban J connectivity index is 1.74. The topological polar surface area (TPSA) is 58.6 Å². The Morgan fingerprint density at radius 1 is 1.29 bits per heavy atom. The smallest absolute Gasteiger partial charge is 0.244 e. The summed E-state index contributed by atoms with van der Waals surface area (Å²) in [7, 11) is 0. The van der Waals surface area contributed by atoms with E-state index in [1.807, 2.05) is 31.2 Å². The molecule has 1 unspecified atom stereocenters. The normalized spacial score (nSPS) is 12.1. The number of ether oxygens (including phenoxy) is 1. The van der Waals surface area contributed by atoms with Crippen molar-refractivity contribution in [2.45, 2.75) is 13.0 Å². The minimum Gasteiger partial charge on any atom is -0.491 e. The van der Waals surface area contributed by atoms with Crippen LogP contribution in [0.15, 0.2) is 54.6 Å². The number of rotatable bonds is 7. The van der Waals surface area contributed by atoms with E-state index in [1.54, 1.807) is 12.1 Å². The highest BCUT2D eigenvalue weighted by Crippen LogP contribution is 2.16. The van der Waals surface area contributed by atoms with Crippen LogP contribution in [0.3, 0.4) is 0 Å². The van der Waals surface area contributed by atoms with Gasteiger partial charge in [0.1, 0.15) is 24.3 Å². The Morgan fingerprint density at radius 2 is 2.08 bits per heavy atom. The highest BCUT2D eigenvalue weighted by molar-refractivity contribution is 5.91. The molecule has 0 fully saturated rings. The first-order valence-electron chi connectivity index (χ1n) is 7.62. The first kappa shape index (κ1) is 17.7. The number of amides is 1. The van der Waals surface area contributed by atoms with Gasteiger partial charge in [0.2, 0.25) is 5.91 Å². The van der Waals surface area contributed by atoms with Gasteiger partial charge in [0.25, 0.3) is 0 Å². The summed E-state index contributed by atoms with van der Waals surface area (Å²) in [5.41, 5.74) is 1.57. The van der Waals surface area contributed by atoms with Crippen LogP contribution in [-0.4, -0.2) is 30.3 Å². The lowest BCUT2D eigenvalue weighted by atomic mass is 10.2. The molecule has 126 valence electrons. The van der Waals surface area contributed by atoms with Crippen LogP contribution in [0, 0.1) is 12.7 Å². The van der Waals surface area contributed by atoms with E-state index in [2.05, 4.69) is 5.32 Å². The maximum absolute atomic E-state index is 13.0. The van der Waals surface area contributed by atoms with Crippen molar-refractivity contribution in [3.63, 3.8) is 0 Å². The van der Waals surface area contributed by atoms with Gasteiger partial charge in [-0.25, -0.2) is 4.39 Å². The number of hydrogen-bond donors (Lipinski definition) is 2. The molecule has 2 N–H and O–H groups in total. The molecule has 0 heterocycles. The molecule has 2 aromatic carbocycles. The molecular formula is C19H20FNO3. The molecule has 0 saturated carbocycles. The number of aliphatic hydroxyl groups is 1. The first-order chi connectivity index (χ1) is 11.5. The SMILES string of the molecule is Cc1ccccc1OCC(O)CNC(=O)/C=C/c1cccc(F)c1. The van der Waals surface area contributed by atoms with E-state index < -0.39 is 6.10 Å². The Bertz CT molecular complexity index is 715. The van der Waals surface area contributed by atoms with Crippen LogP contribution >= 0.6 is 0 Å². The number of benzene rings is 2. The highest BCUT2D eigenvalue weighted by atomic mass is 19.1. The fourth-order valence-corrected chi connectivity index (χ4v) is 2.02. The second-order valence-electron chi connectivity index (χ2n) is 5.36. The van der Waals surface area contributed by atoms with Crippen molar-refractivity contribution in [2.24, 2.45) is 0 Å². The number of aliphatic hydroxyl groups excluding tert-OH is 1. The minimum absolute atomic E-state index is 0.0677. The molecule has 0 radical (unpaired) electrons. The number of carbonyl (C=O) groups excluding carboxylic acids is 1. The standard InChI is InChI=1S/C19H20FNO3/c1-14-5-2-3-8-18(14)24-13-17(22)12-21-19(23)10-9-15-6-4-7-16(20)11-15/h2-11,17,22H,12-13H2,1H3,(H,21,23)/b10-9+. The molecule has 0 aromatic heterocycles. The summed E-state index contributed by atoms with van der Waals surface area (Å²) in [5, 5.41) is 12.4. The third kappa shape index (κ3) is 5.85. The van der Waals surface area contributed by atoms with Gasteiger partial charge in [-0.05, 0) is 42.3 Å². The van der Waals surface area contributed by atoms with E-state index in [0.29, 0.717) is 11.3 Å². The van der Waals surface area contributed by atoms with Crippen LogP contribution in [-0.2, 0) is 4.79 Å². The van der Waals surface area contributed by atoms with Crippen molar-refractivity contribution in [2.75, 3.05) is 13.2 Å². The van der Waals surface area contributed by atoms with Crippen molar-refractivity contribution in [1.82, 2.24) is 5.32 Å². The van der Waals surface area contributed by atoms with Crippen LogP contribution in [0.5, 0.6) is 5.75 Å². The summed E-state index contributed by atoms with van der Waals surface area (Å²) < 4.78 is 18.5. The Hall–Kier alpha value is -2.66. The molecule has 2 rings (SSSR count). The summed E-state index contributed by atoms with van der Waals surface area (Å²) >= 11 is 0. The van der Waals surface area contributed by atoms with Crippen molar-refractivity contribution < 1.29 is 19.0 Å². The molecule has 0 aliphatic carbocycles. The molecule has 0 aliphatic heterocycles. The summed E-state index contributed by atoms with van der Waals surface area (Å²) in [6, 6.07) is 13.4. The average molecular weight is 329 g/mol. The maximum atomic E-state index is 13.0. The van der Waals surface area contributed by atoms with Gasteiger partial charge in [-0.2, -0.15) is 0 Å². The van der Waals surface area contributed by atoms with E-state index in [-0.39, 0.29) is 24.9 Å². The van der Waals surface area contributed by atoms with Crippen LogP contribution in [0.2, 0.25) is 0 Å². The number of hydrogen-bond acceptors (Lipinski definition) is 3. The number of carbonyl (C=O) groups is 1. The molecule has 0 saturated heterocycles. The largest absolute Gasteiger partial charge is 0.491 e. The van der Waals surface area contributed by atoms with Gasteiger partial charge in [0, 0.05) is 12.6 Å². The average Bonchev–Trinajstić information content (AvgIpc) is 2.57. The zero-order valence-electron chi connectivity index (χ0n) is 13.4. The van der Waals surface area contributed by atoms with Crippen molar-refractivity contribution in [3.05, 3.63) is 71.6 Å². The Morgan fingerprint density at radius 3 is 2.83 bits per heavy atom. The quantitative estimate of drug-likeness (QED) is 0.768. The van der Waals surface area contributed by atoms with Crippen LogP contribution in [0.1, 0.15) is 11.1 Å². The maximum Gasteiger partial charge on any atom is 0.244 e. The van der Waals surface area contributed by atoms with E-state index in [4.69, 9.17) is 4.74 Å². The number of aryl methyl sites for hydroxylation is 1. The van der Waals surface area contributed by atoms with Crippen molar-refractivity contribution in [1.29, 1.82) is 0 Å². The number of nitrogens with one attached hydrogen (secondary N) is 1. The molecule has 24 heavy (non-hydrogen) atoms. The molecule has 1 amide bonds. The summed E-state index contributed by atoms with van der Waals surface area (Å²) in [6.45, 7) is 2.07. The third-order valence-electron chi connectivity index (χ3n) is 3.31. The lowest BCUT2D eigenvalue weighted by molar-refractivity contribution is -0.117. The first-order valence-corrected chi connectivity index (χ1v) is 7.62. The lowest BCUT2D eigenvalue weighted by Crippen LogP contribution is -2.34. The minimum atomic E-state index is -0.823. The molecule has 0 spiro atoms. The van der Waals surface area contributed by atoms with Gasteiger partial charge in [-0.15, -0.1) is 0 Å². The van der Waals surface area contributed by atoms with E-state index >= 15 is 0 Å². The predicted molar refractivity (Wildman–Crippen MR) is 91.1 cm³/mol. The summed E-state index contributed by atoms with van der Waals surface area (Å²) in [5.74, 6) is -0.0237. The van der Waals surface area contributed by atoms with E-state index in [9.17, 15) is 14.3 Å². The Kier molecular flexibility index (Phi) is 6.51. The number of halogens is 1. The van der Waals surface area contributed by atoms with Crippen LogP contribution in [0.25, 0.3) is 6.08 Å². The van der Waals surface area contributed by atoms with Gasteiger partial charge < -0.3 is 15.2 Å². The van der Waals surface area contributed by atoms with Gasteiger partial charge in [0.15, 0.2) is 0 Å². The highest BCUT2D eigenvalue weighted by Gasteiger charge is 2.07. The third-order valence-corrected chi connectivity index (χ3v) is 3.31.